The van der Waals surface area contributed by atoms with E-state index in [-0.39, 0.29) is 50.3 Å². The van der Waals surface area contributed by atoms with Crippen LogP contribution in [0, 0.1) is 17.8 Å². The summed E-state index contributed by atoms with van der Waals surface area (Å²) in [4.78, 5) is 72.0. The number of ether oxygens (including phenoxy) is 6. The van der Waals surface area contributed by atoms with Crippen molar-refractivity contribution in [3.63, 3.8) is 0 Å². The smallest absolute Gasteiger partial charge is 0.411 e. The number of Topliss-reactive ketones (excluding diaryl/α,β-unsaturated/α-hetero) is 2. The predicted octanol–water partition coefficient (Wildman–Crippen LogP) is 5.57. The van der Waals surface area contributed by atoms with Gasteiger partial charge in [0.1, 0.15) is 18.0 Å². The van der Waals surface area contributed by atoms with Crippen molar-refractivity contribution in [1.29, 1.82) is 0 Å². The van der Waals surface area contributed by atoms with E-state index in [1.807, 2.05) is 11.8 Å². The minimum absolute atomic E-state index is 0.0263. The zero-order chi connectivity index (χ0) is 43.5. The molecule has 17 heteroatoms. The molecule has 3 fully saturated rings. The number of rotatable bonds is 10. The molecule has 0 aliphatic carbocycles. The maximum Gasteiger partial charge on any atom is 0.411 e. The fraction of sp³-hybridized carbons (Fsp3) is 0.732. The Morgan fingerprint density at radius 1 is 1.10 bits per heavy atom. The number of likely N-dealkylation sites (N-methyl/N-ethyl adjacent to an activating group) is 1. The highest BCUT2D eigenvalue weighted by Crippen LogP contribution is 2.43. The third-order valence-corrected chi connectivity index (χ3v) is 12.3. The summed E-state index contributed by atoms with van der Waals surface area (Å²) < 4.78 is 52.5. The van der Waals surface area contributed by atoms with Crippen LogP contribution in [0.1, 0.15) is 81.1 Å². The number of cyclic esters (lactones) is 1. The number of aliphatic hydroxyl groups is 1. The number of carbonyl (C=O) groups is 5. The summed E-state index contributed by atoms with van der Waals surface area (Å²) in [5.41, 5.74) is -5.97. The third-order valence-electron chi connectivity index (χ3n) is 12.0. The van der Waals surface area contributed by atoms with Crippen molar-refractivity contribution in [3.8, 4) is 0 Å². The van der Waals surface area contributed by atoms with E-state index in [0.717, 1.165) is 6.92 Å². The molecule has 3 heterocycles. The van der Waals surface area contributed by atoms with Crippen molar-refractivity contribution in [1.82, 2.24) is 9.80 Å². The summed E-state index contributed by atoms with van der Waals surface area (Å²) in [6, 6.07) is 5.07. The summed E-state index contributed by atoms with van der Waals surface area (Å²) in [6.07, 6.45) is -6.43. The van der Waals surface area contributed by atoms with E-state index < -0.39 is 89.2 Å². The zero-order valence-electron chi connectivity index (χ0n) is 35.4. The van der Waals surface area contributed by atoms with Crippen LogP contribution < -0.4 is 5.32 Å². The zero-order valence-corrected chi connectivity index (χ0v) is 36.2. The number of hydrogen-bond donors (Lipinski definition) is 2. The van der Waals surface area contributed by atoms with Crippen LogP contribution in [0.4, 0.5) is 19.7 Å². The Morgan fingerprint density at radius 2 is 1.78 bits per heavy atom. The van der Waals surface area contributed by atoms with Crippen LogP contribution in [-0.4, -0.2) is 139 Å². The number of fused-ring (bicyclic) bond motifs is 1. The Hall–Kier alpha value is -3.41. The first kappa shape index (κ1) is 47.3. The highest BCUT2D eigenvalue weighted by atomic mass is 35.5. The average molecular weight is 842 g/mol. The second-order valence-electron chi connectivity index (χ2n) is 16.7. The number of amides is 2. The molecule has 3 aliphatic heterocycles. The van der Waals surface area contributed by atoms with Gasteiger partial charge in [-0.05, 0) is 85.7 Å². The lowest BCUT2D eigenvalue weighted by Crippen LogP contribution is -2.61. The molecule has 3 saturated heterocycles. The van der Waals surface area contributed by atoms with Crippen LogP contribution in [0.15, 0.2) is 24.3 Å². The van der Waals surface area contributed by atoms with Crippen molar-refractivity contribution in [2.45, 2.75) is 141 Å². The van der Waals surface area contributed by atoms with Gasteiger partial charge in [0.25, 0.3) is 5.67 Å². The lowest BCUT2D eigenvalue weighted by molar-refractivity contribution is -0.295. The van der Waals surface area contributed by atoms with E-state index in [1.54, 1.807) is 66.1 Å². The number of nitrogens with zero attached hydrogens (tertiary/aromatic N) is 2. The van der Waals surface area contributed by atoms with Crippen LogP contribution in [0.2, 0.25) is 5.02 Å². The molecular weight excluding hydrogens is 781 g/mol. The van der Waals surface area contributed by atoms with Gasteiger partial charge in [-0.15, -0.1) is 0 Å². The van der Waals surface area contributed by atoms with Gasteiger partial charge in [-0.2, -0.15) is 0 Å². The molecule has 3 aliphatic rings. The summed E-state index contributed by atoms with van der Waals surface area (Å²) >= 11 is 6.00. The van der Waals surface area contributed by atoms with Crippen LogP contribution in [0.5, 0.6) is 0 Å². The van der Waals surface area contributed by atoms with Crippen molar-refractivity contribution in [2.24, 2.45) is 17.8 Å². The molecule has 0 unspecified atom stereocenters. The summed E-state index contributed by atoms with van der Waals surface area (Å²) in [5, 5.41) is 14.4. The van der Waals surface area contributed by atoms with Crippen LogP contribution >= 0.6 is 11.6 Å². The minimum Gasteiger partial charge on any atom is -0.455 e. The van der Waals surface area contributed by atoms with Crippen molar-refractivity contribution < 1.29 is 61.9 Å². The number of carbonyl (C=O) groups excluding carboxylic acids is 5. The average Bonchev–Trinajstić information content (AvgIpc) is 3.42. The molecule has 13 atom stereocenters. The molecule has 326 valence electrons. The minimum atomic E-state index is -3.22. The first-order chi connectivity index (χ1) is 27.0. The van der Waals surface area contributed by atoms with Gasteiger partial charge >= 0.3 is 18.2 Å². The maximum atomic E-state index is 16.8. The Morgan fingerprint density at radius 3 is 2.38 bits per heavy atom. The molecule has 4 rings (SSSR count). The van der Waals surface area contributed by atoms with Gasteiger partial charge < -0.3 is 43.3 Å². The Bertz CT molecular complexity index is 1670. The molecule has 1 aromatic carbocycles. The van der Waals surface area contributed by atoms with Gasteiger partial charge in [-0.1, -0.05) is 45.4 Å². The van der Waals surface area contributed by atoms with Crippen molar-refractivity contribution >= 4 is 47.0 Å². The second-order valence-corrected chi connectivity index (χ2v) is 17.2. The summed E-state index contributed by atoms with van der Waals surface area (Å²) in [7, 11) is 4.98. The van der Waals surface area contributed by atoms with Gasteiger partial charge in [0.2, 0.25) is 0 Å². The fourth-order valence-corrected chi connectivity index (χ4v) is 9.02. The number of aliphatic hydroxyl groups excluding tert-OH is 1. The normalized spacial score (nSPS) is 37.8. The molecule has 0 saturated carbocycles. The third kappa shape index (κ3) is 9.95. The molecular formula is C41H61ClFN3O12. The van der Waals surface area contributed by atoms with Gasteiger partial charge in [0.05, 0.1) is 30.5 Å². The number of benzene rings is 1. The molecule has 58 heavy (non-hydrogen) atoms. The number of esters is 1. The summed E-state index contributed by atoms with van der Waals surface area (Å²) in [6.45, 7) is 12.0. The van der Waals surface area contributed by atoms with E-state index in [0.29, 0.717) is 17.1 Å². The molecule has 1 aromatic rings. The molecule has 0 bridgehead atoms. The molecule has 2 N–H and O–H groups in total. The fourth-order valence-electron chi connectivity index (χ4n) is 8.83. The van der Waals surface area contributed by atoms with Crippen molar-refractivity contribution in [3.05, 3.63) is 29.3 Å². The number of ketones is 2. The summed E-state index contributed by atoms with van der Waals surface area (Å²) in [5.74, 6) is -6.14. The van der Waals surface area contributed by atoms with E-state index in [4.69, 9.17) is 40.0 Å². The molecule has 0 aromatic heterocycles. The molecule has 0 spiro atoms. The maximum absolute atomic E-state index is 16.8. The number of halogens is 2. The number of methoxy groups -OCH3 is 1. The van der Waals surface area contributed by atoms with Crippen molar-refractivity contribution in [2.75, 3.05) is 39.7 Å². The van der Waals surface area contributed by atoms with Gasteiger partial charge in [0.15, 0.2) is 17.7 Å². The first-order valence-corrected chi connectivity index (χ1v) is 20.3. The molecule has 0 radical (unpaired) electrons. The number of alkyl halides is 1. The lowest BCUT2D eigenvalue weighted by Gasteiger charge is -2.47. The lowest BCUT2D eigenvalue weighted by atomic mass is 9.73. The second kappa shape index (κ2) is 18.9. The van der Waals surface area contributed by atoms with Gasteiger partial charge in [-0.25, -0.2) is 18.8 Å². The topological polar surface area (TPSA) is 179 Å². The number of hydrogen-bond acceptors (Lipinski definition) is 13. The molecule has 15 nitrogen and oxygen atoms in total. The van der Waals surface area contributed by atoms with Crippen LogP contribution in [0.3, 0.4) is 0 Å². The van der Waals surface area contributed by atoms with Crippen LogP contribution in [0.25, 0.3) is 0 Å². The quantitative estimate of drug-likeness (QED) is 0.129. The highest BCUT2D eigenvalue weighted by molar-refractivity contribution is 6.30. The van der Waals surface area contributed by atoms with E-state index in [9.17, 15) is 29.1 Å². The SMILES string of the molecule is CC[C@H]1OC(=O)[C@@](C)(F)C(=O)[C@H](C)[C@@H](O[C@@H]2O[C@H](C)C[C@H](N(C)C)[C@H]2O)[C@](C)(OC)C[C@@H](C)C(=O)[C@H](C)[C@H]2N(CCCOC(=O)Nc3cccc(Cl)c3)C(=O)O[C@]12C. The largest absolute Gasteiger partial charge is 0.455 e. The standard InChI is InChI=1S/C41H61ClFN3O12/c1-12-29-41(8)32(46(38(52)58-41)17-14-18-54-37(51)44-27-16-13-15-26(42)20-27)24(4)30(47)22(2)21-39(6,53-11)34(25(5)33(49)40(7,43)36(50)56-29)57-35-31(48)28(45(9)10)19-23(3)55-35/h13,15-16,20,22-25,28-29,31-32,34-35,48H,12,14,17-19,21H2,1-11H3,(H,44,51)/t22-,23-,24+,25+,28+,29-,31-,32-,34-,35+,39-,40+,41-/m1/s1. The highest BCUT2D eigenvalue weighted by Gasteiger charge is 2.61. The van der Waals surface area contributed by atoms with E-state index >= 15 is 4.39 Å². The van der Waals surface area contributed by atoms with E-state index in [1.165, 1.54) is 25.9 Å². The van der Waals surface area contributed by atoms with E-state index in [2.05, 4.69) is 5.32 Å². The Kier molecular flexibility index (Phi) is 15.4. The van der Waals surface area contributed by atoms with Crippen LogP contribution in [-0.2, 0) is 42.8 Å². The number of nitrogens with one attached hydrogen (secondary N) is 1. The Labute approximate surface area is 345 Å². The predicted molar refractivity (Wildman–Crippen MR) is 211 cm³/mol. The first-order valence-electron chi connectivity index (χ1n) is 19.9. The monoisotopic (exact) mass is 841 g/mol. The Balaban J connectivity index is 1.69. The van der Waals surface area contributed by atoms with Gasteiger partial charge in [-0.3, -0.25) is 14.9 Å². The molecule has 2 amide bonds. The van der Waals surface area contributed by atoms with Gasteiger partial charge in [0, 0.05) is 48.2 Å². The number of anilines is 1.